The number of ether oxygens (including phenoxy) is 1. The van der Waals surface area contributed by atoms with Gasteiger partial charge in [0, 0.05) is 31.1 Å². The zero-order chi connectivity index (χ0) is 13.9. The molecule has 1 unspecified atom stereocenters. The molecule has 0 saturated carbocycles. The van der Waals surface area contributed by atoms with E-state index in [2.05, 4.69) is 11.2 Å². The van der Waals surface area contributed by atoms with Crippen molar-refractivity contribution in [1.82, 2.24) is 14.5 Å². The molecule has 20 heavy (non-hydrogen) atoms. The number of likely N-dealkylation sites (tertiary alicyclic amines) is 1. The minimum atomic E-state index is 0.0767. The van der Waals surface area contributed by atoms with Crippen LogP contribution >= 0.6 is 11.8 Å². The highest BCUT2D eigenvalue weighted by molar-refractivity contribution is 7.99. The highest BCUT2D eigenvalue weighted by Crippen LogP contribution is 2.21. The summed E-state index contributed by atoms with van der Waals surface area (Å²) in [5, 5.41) is 0.557. The molecule has 1 atom stereocenters. The zero-order valence-electron chi connectivity index (χ0n) is 11.9. The first-order chi connectivity index (χ1) is 9.78. The van der Waals surface area contributed by atoms with Gasteiger partial charge in [-0.15, -0.1) is 0 Å². The van der Waals surface area contributed by atoms with Crippen LogP contribution in [0.15, 0.2) is 6.20 Å². The van der Waals surface area contributed by atoms with Gasteiger partial charge in [0.15, 0.2) is 0 Å². The SMILES string of the molecule is CSC1CCCCN(C(=O)c2cn3c(n2)COCC3)C1. The predicted octanol–water partition coefficient (Wildman–Crippen LogP) is 1.77. The minimum Gasteiger partial charge on any atom is -0.372 e. The summed E-state index contributed by atoms with van der Waals surface area (Å²) in [5.74, 6) is 0.948. The Kier molecular flexibility index (Phi) is 4.31. The molecule has 1 aromatic rings. The predicted molar refractivity (Wildman–Crippen MR) is 78.9 cm³/mol. The number of hydrogen-bond donors (Lipinski definition) is 0. The molecule has 1 fully saturated rings. The number of fused-ring (bicyclic) bond motifs is 1. The molecule has 0 radical (unpaired) electrons. The van der Waals surface area contributed by atoms with Gasteiger partial charge >= 0.3 is 0 Å². The van der Waals surface area contributed by atoms with Crippen LogP contribution in [0.5, 0.6) is 0 Å². The van der Waals surface area contributed by atoms with Crippen molar-refractivity contribution in [2.75, 3.05) is 26.0 Å². The van der Waals surface area contributed by atoms with E-state index >= 15 is 0 Å². The second-order valence-electron chi connectivity index (χ2n) is 5.39. The molecule has 3 heterocycles. The van der Waals surface area contributed by atoms with Gasteiger partial charge in [-0.3, -0.25) is 4.79 Å². The molecule has 5 nitrogen and oxygen atoms in total. The standard InChI is InChI=1S/C14H21N3O2S/c1-20-11-4-2-3-5-17(8-11)14(18)12-9-16-6-7-19-10-13(16)15-12/h9,11H,2-8,10H2,1H3. The number of rotatable bonds is 2. The van der Waals surface area contributed by atoms with Gasteiger partial charge in [0.2, 0.25) is 0 Å². The summed E-state index contributed by atoms with van der Waals surface area (Å²) in [7, 11) is 0. The van der Waals surface area contributed by atoms with Crippen molar-refractivity contribution >= 4 is 17.7 Å². The lowest BCUT2D eigenvalue weighted by atomic mass is 10.2. The molecule has 2 aliphatic rings. The molecular formula is C14H21N3O2S. The van der Waals surface area contributed by atoms with E-state index in [1.807, 2.05) is 27.4 Å². The van der Waals surface area contributed by atoms with Gasteiger partial charge in [-0.2, -0.15) is 11.8 Å². The third-order valence-electron chi connectivity index (χ3n) is 4.03. The Hall–Kier alpha value is -1.01. The van der Waals surface area contributed by atoms with Crippen LogP contribution < -0.4 is 0 Å². The number of carbonyl (C=O) groups is 1. The van der Waals surface area contributed by atoms with Crippen LogP contribution in [0.4, 0.5) is 0 Å². The molecule has 0 aromatic carbocycles. The van der Waals surface area contributed by atoms with Gasteiger partial charge < -0.3 is 14.2 Å². The van der Waals surface area contributed by atoms with E-state index < -0.39 is 0 Å². The number of imidazole rings is 1. The summed E-state index contributed by atoms with van der Waals surface area (Å²) in [4.78, 5) is 19.1. The Labute approximate surface area is 123 Å². The summed E-state index contributed by atoms with van der Waals surface area (Å²) < 4.78 is 7.42. The van der Waals surface area contributed by atoms with Crippen LogP contribution in [-0.2, 0) is 17.9 Å². The molecule has 2 aliphatic heterocycles. The second-order valence-corrected chi connectivity index (χ2v) is 6.53. The van der Waals surface area contributed by atoms with E-state index in [1.165, 1.54) is 12.8 Å². The topological polar surface area (TPSA) is 47.4 Å². The van der Waals surface area contributed by atoms with Crippen molar-refractivity contribution in [3.63, 3.8) is 0 Å². The molecular weight excluding hydrogens is 274 g/mol. The maximum atomic E-state index is 12.6. The first-order valence-corrected chi connectivity index (χ1v) is 8.52. The molecule has 0 N–H and O–H groups in total. The van der Waals surface area contributed by atoms with Gasteiger partial charge in [-0.25, -0.2) is 4.98 Å². The monoisotopic (exact) mass is 295 g/mol. The molecule has 1 aromatic heterocycles. The van der Waals surface area contributed by atoms with Gasteiger partial charge in [-0.1, -0.05) is 6.42 Å². The Bertz CT molecular complexity index is 465. The normalized spacial score (nSPS) is 23.2. The third kappa shape index (κ3) is 2.86. The lowest BCUT2D eigenvalue weighted by Gasteiger charge is -2.22. The van der Waals surface area contributed by atoms with E-state index in [9.17, 15) is 4.79 Å². The van der Waals surface area contributed by atoms with Crippen LogP contribution in [0.3, 0.4) is 0 Å². The maximum Gasteiger partial charge on any atom is 0.274 e. The Morgan fingerprint density at radius 1 is 1.45 bits per heavy atom. The van der Waals surface area contributed by atoms with Crippen LogP contribution in [0.2, 0.25) is 0 Å². The summed E-state index contributed by atoms with van der Waals surface area (Å²) in [6.45, 7) is 3.71. The van der Waals surface area contributed by atoms with E-state index in [0.717, 1.165) is 31.9 Å². The van der Waals surface area contributed by atoms with Crippen molar-refractivity contribution in [3.8, 4) is 0 Å². The fourth-order valence-corrected chi connectivity index (χ4v) is 3.57. The molecule has 0 spiro atoms. The lowest BCUT2D eigenvalue weighted by Crippen LogP contribution is -2.35. The Morgan fingerprint density at radius 2 is 2.35 bits per heavy atom. The van der Waals surface area contributed by atoms with Crippen LogP contribution in [-0.4, -0.2) is 51.6 Å². The minimum absolute atomic E-state index is 0.0767. The first kappa shape index (κ1) is 13.9. The smallest absolute Gasteiger partial charge is 0.274 e. The molecule has 1 amide bonds. The van der Waals surface area contributed by atoms with Crippen LogP contribution in [0.25, 0.3) is 0 Å². The van der Waals surface area contributed by atoms with Crippen molar-refractivity contribution in [3.05, 3.63) is 17.7 Å². The highest BCUT2D eigenvalue weighted by atomic mass is 32.2. The fourth-order valence-electron chi connectivity index (χ4n) is 2.83. The fraction of sp³-hybridized carbons (Fsp3) is 0.714. The summed E-state index contributed by atoms with van der Waals surface area (Å²) in [5.41, 5.74) is 0.576. The van der Waals surface area contributed by atoms with Crippen molar-refractivity contribution < 1.29 is 9.53 Å². The molecule has 0 bridgehead atoms. The molecule has 0 aliphatic carbocycles. The first-order valence-electron chi connectivity index (χ1n) is 7.24. The van der Waals surface area contributed by atoms with Crippen molar-refractivity contribution in [2.24, 2.45) is 0 Å². The Balaban J connectivity index is 1.75. The quantitative estimate of drug-likeness (QED) is 0.834. The van der Waals surface area contributed by atoms with E-state index in [-0.39, 0.29) is 5.91 Å². The number of nitrogens with zero attached hydrogens (tertiary/aromatic N) is 3. The number of amides is 1. The van der Waals surface area contributed by atoms with Crippen LogP contribution in [0, 0.1) is 0 Å². The zero-order valence-corrected chi connectivity index (χ0v) is 12.7. The molecule has 110 valence electrons. The molecule has 6 heteroatoms. The third-order valence-corrected chi connectivity index (χ3v) is 5.09. The molecule has 1 saturated heterocycles. The average molecular weight is 295 g/mol. The lowest BCUT2D eigenvalue weighted by molar-refractivity contribution is 0.0756. The Morgan fingerprint density at radius 3 is 3.15 bits per heavy atom. The number of hydrogen-bond acceptors (Lipinski definition) is 4. The largest absolute Gasteiger partial charge is 0.372 e. The summed E-state index contributed by atoms with van der Waals surface area (Å²) in [6.07, 6.45) is 7.53. The maximum absolute atomic E-state index is 12.6. The van der Waals surface area contributed by atoms with E-state index in [0.29, 0.717) is 24.2 Å². The van der Waals surface area contributed by atoms with Crippen molar-refractivity contribution in [1.29, 1.82) is 0 Å². The van der Waals surface area contributed by atoms with Crippen molar-refractivity contribution in [2.45, 2.75) is 37.7 Å². The second kappa shape index (κ2) is 6.18. The number of thioether (sulfide) groups is 1. The number of carbonyl (C=O) groups excluding carboxylic acids is 1. The van der Waals surface area contributed by atoms with E-state index in [1.54, 1.807) is 0 Å². The summed E-state index contributed by atoms with van der Waals surface area (Å²) in [6, 6.07) is 0. The van der Waals surface area contributed by atoms with E-state index in [4.69, 9.17) is 4.74 Å². The van der Waals surface area contributed by atoms with Gasteiger partial charge in [0.05, 0.1) is 6.61 Å². The van der Waals surface area contributed by atoms with Gasteiger partial charge in [0.1, 0.15) is 18.1 Å². The van der Waals surface area contributed by atoms with Gasteiger partial charge in [0.25, 0.3) is 5.91 Å². The number of aromatic nitrogens is 2. The van der Waals surface area contributed by atoms with Crippen LogP contribution in [0.1, 0.15) is 35.6 Å². The average Bonchev–Trinajstić information content (AvgIpc) is 2.76. The van der Waals surface area contributed by atoms with Gasteiger partial charge in [-0.05, 0) is 19.1 Å². The summed E-state index contributed by atoms with van der Waals surface area (Å²) >= 11 is 1.86. The highest BCUT2D eigenvalue weighted by Gasteiger charge is 2.25. The molecule has 3 rings (SSSR count).